The molecule has 3 nitrogen and oxygen atoms in total. The Morgan fingerprint density at radius 1 is 1.45 bits per heavy atom. The van der Waals surface area contributed by atoms with E-state index >= 15 is 0 Å². The Bertz CT molecular complexity index is 550. The molecule has 1 rings (SSSR count). The van der Waals surface area contributed by atoms with Gasteiger partial charge in [-0.25, -0.2) is 0 Å². The van der Waals surface area contributed by atoms with E-state index in [2.05, 4.69) is 4.74 Å². The van der Waals surface area contributed by atoms with E-state index in [1.54, 1.807) is 13.0 Å². The largest absolute Gasteiger partial charge is 0.466 e. The molecule has 0 aromatic heterocycles. The van der Waals surface area contributed by atoms with Crippen LogP contribution in [0.5, 0.6) is 0 Å². The molecular weight excluding hydrogens is 295 g/mol. The number of nitrogens with zero attached hydrogens (tertiary/aromatic N) is 1. The lowest BCUT2D eigenvalue weighted by Crippen LogP contribution is -2.18. The van der Waals surface area contributed by atoms with Crippen LogP contribution in [-0.2, 0) is 28.0 Å². The fourth-order valence-electron chi connectivity index (χ4n) is 1.81. The maximum absolute atomic E-state index is 13.1. The van der Waals surface area contributed by atoms with Crippen LogP contribution in [0.1, 0.15) is 29.2 Å². The van der Waals surface area contributed by atoms with Crippen molar-refractivity contribution in [2.24, 2.45) is 0 Å². The fourth-order valence-corrected chi connectivity index (χ4v) is 2.03. The molecular formula is C13H11ClF3NO2. The minimum absolute atomic E-state index is 0.0528. The smallest absolute Gasteiger partial charge is 0.417 e. The van der Waals surface area contributed by atoms with Crippen LogP contribution in [0.3, 0.4) is 0 Å². The lowest BCUT2D eigenvalue weighted by molar-refractivity contribution is -0.143. The zero-order chi connectivity index (χ0) is 15.3. The van der Waals surface area contributed by atoms with Gasteiger partial charge >= 0.3 is 12.1 Å². The van der Waals surface area contributed by atoms with Crippen LogP contribution in [0.2, 0.25) is 0 Å². The highest BCUT2D eigenvalue weighted by Gasteiger charge is 2.37. The number of hydrogen-bond acceptors (Lipinski definition) is 3. The summed E-state index contributed by atoms with van der Waals surface area (Å²) >= 11 is 5.50. The number of nitriles is 1. The normalized spacial score (nSPS) is 11.0. The molecule has 1 aromatic carbocycles. The fraction of sp³-hybridized carbons (Fsp3) is 0.385. The van der Waals surface area contributed by atoms with Crippen molar-refractivity contribution in [2.75, 3.05) is 6.61 Å². The maximum atomic E-state index is 13.1. The molecule has 7 heteroatoms. The van der Waals surface area contributed by atoms with Gasteiger partial charge in [-0.3, -0.25) is 4.79 Å². The monoisotopic (exact) mass is 305 g/mol. The van der Waals surface area contributed by atoms with Gasteiger partial charge in [0.2, 0.25) is 0 Å². The highest BCUT2D eigenvalue weighted by atomic mass is 35.5. The van der Waals surface area contributed by atoms with Gasteiger partial charge in [0.25, 0.3) is 0 Å². The minimum Gasteiger partial charge on any atom is -0.466 e. The second-order valence-corrected chi connectivity index (χ2v) is 4.12. The van der Waals surface area contributed by atoms with Crippen molar-refractivity contribution in [3.63, 3.8) is 0 Å². The van der Waals surface area contributed by atoms with E-state index < -0.39 is 29.7 Å². The van der Waals surface area contributed by atoms with Gasteiger partial charge in [-0.15, -0.1) is 11.6 Å². The number of carbonyl (C=O) groups excluding carboxylic acids is 1. The summed E-state index contributed by atoms with van der Waals surface area (Å²) in [7, 11) is 0. The van der Waals surface area contributed by atoms with Crippen molar-refractivity contribution in [2.45, 2.75) is 25.4 Å². The van der Waals surface area contributed by atoms with Crippen LogP contribution >= 0.6 is 11.6 Å². The number of halogens is 4. The van der Waals surface area contributed by atoms with E-state index in [9.17, 15) is 18.0 Å². The number of ether oxygens (including phenoxy) is 1. The third-order valence-corrected chi connectivity index (χ3v) is 2.86. The first kappa shape index (κ1) is 16.3. The van der Waals surface area contributed by atoms with Crippen LogP contribution in [0, 0.1) is 11.3 Å². The van der Waals surface area contributed by atoms with Crippen LogP contribution in [-0.4, -0.2) is 12.6 Å². The molecule has 108 valence electrons. The van der Waals surface area contributed by atoms with Crippen LogP contribution in [0.4, 0.5) is 13.2 Å². The first-order valence-corrected chi connectivity index (χ1v) is 6.22. The number of carbonyl (C=O) groups is 1. The molecule has 20 heavy (non-hydrogen) atoms. The van der Waals surface area contributed by atoms with E-state index in [0.29, 0.717) is 0 Å². The highest BCUT2D eigenvalue weighted by molar-refractivity contribution is 6.17. The average Bonchev–Trinajstić information content (AvgIpc) is 2.36. The summed E-state index contributed by atoms with van der Waals surface area (Å²) in [6.45, 7) is 1.60. The van der Waals surface area contributed by atoms with Gasteiger partial charge in [-0.05, 0) is 24.1 Å². The number of hydrogen-bond donors (Lipinski definition) is 0. The van der Waals surface area contributed by atoms with Gasteiger partial charge in [0, 0.05) is 5.88 Å². The van der Waals surface area contributed by atoms with Crippen LogP contribution in [0.15, 0.2) is 12.1 Å². The summed E-state index contributed by atoms with van der Waals surface area (Å²) in [5.74, 6) is -1.18. The molecule has 0 fully saturated rings. The lowest BCUT2D eigenvalue weighted by Gasteiger charge is -2.17. The molecule has 0 saturated heterocycles. The molecule has 1 aromatic rings. The molecule has 0 aliphatic rings. The van der Waals surface area contributed by atoms with Gasteiger partial charge in [0.15, 0.2) is 0 Å². The number of esters is 1. The van der Waals surface area contributed by atoms with Crippen LogP contribution < -0.4 is 0 Å². The van der Waals surface area contributed by atoms with Gasteiger partial charge in [0.1, 0.15) is 0 Å². The molecule has 0 spiro atoms. The van der Waals surface area contributed by atoms with Gasteiger partial charge in [0.05, 0.1) is 30.2 Å². The zero-order valence-corrected chi connectivity index (χ0v) is 11.3. The predicted octanol–water partition coefficient (Wildman–Crippen LogP) is 3.42. The van der Waals surface area contributed by atoms with E-state index in [-0.39, 0.29) is 23.6 Å². The van der Waals surface area contributed by atoms with Gasteiger partial charge in [-0.2, -0.15) is 18.4 Å². The van der Waals surface area contributed by atoms with Crippen molar-refractivity contribution in [1.29, 1.82) is 5.26 Å². The molecule has 0 saturated carbocycles. The third-order valence-electron chi connectivity index (χ3n) is 2.57. The summed E-state index contributed by atoms with van der Waals surface area (Å²) in [5.41, 5.74) is -1.80. The topological polar surface area (TPSA) is 50.1 Å². The molecule has 0 unspecified atom stereocenters. The number of rotatable bonds is 4. The standard InChI is InChI=1S/C13H11ClF3NO2/c1-2-20-11(19)5-10-9(7-18)4-3-8(6-14)12(10)13(15,16)17/h3-4H,2,5-6H2,1H3. The van der Waals surface area contributed by atoms with Crippen molar-refractivity contribution in [3.8, 4) is 6.07 Å². The SMILES string of the molecule is CCOC(=O)Cc1c(C#N)ccc(CCl)c1C(F)(F)F. The lowest BCUT2D eigenvalue weighted by atomic mass is 9.94. The summed E-state index contributed by atoms with van der Waals surface area (Å²) in [4.78, 5) is 11.4. The molecule has 0 atom stereocenters. The van der Waals surface area contributed by atoms with Crippen molar-refractivity contribution < 1.29 is 22.7 Å². The Morgan fingerprint density at radius 2 is 2.10 bits per heavy atom. The molecule has 0 N–H and O–H groups in total. The predicted molar refractivity (Wildman–Crippen MR) is 66.1 cm³/mol. The van der Waals surface area contributed by atoms with E-state index in [4.69, 9.17) is 16.9 Å². The van der Waals surface area contributed by atoms with Crippen molar-refractivity contribution in [1.82, 2.24) is 0 Å². The quantitative estimate of drug-likeness (QED) is 0.632. The Balaban J connectivity index is 3.44. The summed E-state index contributed by atoms with van der Waals surface area (Å²) in [5, 5.41) is 8.91. The molecule has 0 amide bonds. The number of alkyl halides is 4. The molecule has 0 bridgehead atoms. The molecule has 0 aliphatic carbocycles. The van der Waals surface area contributed by atoms with E-state index in [0.717, 1.165) is 6.07 Å². The van der Waals surface area contributed by atoms with Crippen LogP contribution in [0.25, 0.3) is 0 Å². The van der Waals surface area contributed by atoms with Crippen molar-refractivity contribution >= 4 is 17.6 Å². The maximum Gasteiger partial charge on any atom is 0.417 e. The zero-order valence-electron chi connectivity index (χ0n) is 10.6. The van der Waals surface area contributed by atoms with E-state index in [1.165, 1.54) is 6.07 Å². The van der Waals surface area contributed by atoms with Crippen molar-refractivity contribution in [3.05, 3.63) is 34.4 Å². The summed E-state index contributed by atoms with van der Waals surface area (Å²) in [6, 6.07) is 4.02. The number of benzene rings is 1. The molecule has 0 radical (unpaired) electrons. The average molecular weight is 306 g/mol. The van der Waals surface area contributed by atoms with Gasteiger partial charge in [-0.1, -0.05) is 6.07 Å². The minimum atomic E-state index is -4.70. The highest BCUT2D eigenvalue weighted by Crippen LogP contribution is 2.37. The third kappa shape index (κ3) is 3.64. The molecule has 0 aliphatic heterocycles. The van der Waals surface area contributed by atoms with Gasteiger partial charge < -0.3 is 4.74 Å². The first-order valence-electron chi connectivity index (χ1n) is 5.68. The second kappa shape index (κ2) is 6.62. The summed E-state index contributed by atoms with van der Waals surface area (Å²) < 4.78 is 44.0. The van der Waals surface area contributed by atoms with E-state index in [1.807, 2.05) is 0 Å². The Kier molecular flexibility index (Phi) is 5.40. The molecule has 0 heterocycles. The second-order valence-electron chi connectivity index (χ2n) is 3.85. The first-order chi connectivity index (χ1) is 9.35. The Labute approximate surface area is 118 Å². The Hall–Kier alpha value is -1.74. The Morgan fingerprint density at radius 3 is 2.55 bits per heavy atom. The summed E-state index contributed by atoms with van der Waals surface area (Å²) in [6.07, 6.45) is -5.31.